The Kier molecular flexibility index (Phi) is 7.30. The summed E-state index contributed by atoms with van der Waals surface area (Å²) in [5.74, 6) is -0.968. The second-order valence-corrected chi connectivity index (χ2v) is 6.45. The smallest absolute Gasteiger partial charge is 0.126 e. The van der Waals surface area contributed by atoms with Crippen molar-refractivity contribution in [1.82, 2.24) is 5.32 Å². The van der Waals surface area contributed by atoms with Crippen molar-refractivity contribution in [3.63, 3.8) is 0 Å². The Morgan fingerprint density at radius 1 is 1.10 bits per heavy atom. The molecule has 0 saturated heterocycles. The van der Waals surface area contributed by atoms with Crippen LogP contribution in [0.15, 0.2) is 18.2 Å². The molecule has 21 heavy (non-hydrogen) atoms. The van der Waals surface area contributed by atoms with Crippen LogP contribution in [0.1, 0.15) is 58.9 Å². The third-order valence-corrected chi connectivity index (χ3v) is 4.20. The fourth-order valence-electron chi connectivity index (χ4n) is 2.78. The van der Waals surface area contributed by atoms with E-state index in [4.69, 9.17) is 0 Å². The lowest BCUT2D eigenvalue weighted by atomic mass is 9.75. The van der Waals surface area contributed by atoms with Gasteiger partial charge in [-0.2, -0.15) is 0 Å². The molecule has 120 valence electrons. The molecular weight excluding hydrogens is 268 g/mol. The van der Waals surface area contributed by atoms with E-state index < -0.39 is 11.6 Å². The van der Waals surface area contributed by atoms with Gasteiger partial charge in [0, 0.05) is 18.7 Å². The normalized spacial score (nSPS) is 14.4. The first-order valence-electron chi connectivity index (χ1n) is 8.09. The Balaban J connectivity index is 2.92. The van der Waals surface area contributed by atoms with Gasteiger partial charge >= 0.3 is 0 Å². The van der Waals surface area contributed by atoms with Crippen LogP contribution in [0.3, 0.4) is 0 Å². The second-order valence-electron chi connectivity index (χ2n) is 6.45. The van der Waals surface area contributed by atoms with Gasteiger partial charge in [-0.15, -0.1) is 0 Å². The Morgan fingerprint density at radius 2 is 1.71 bits per heavy atom. The average Bonchev–Trinajstić information content (AvgIpc) is 2.41. The molecular formula is C18H29F2N. The van der Waals surface area contributed by atoms with Gasteiger partial charge in [0.25, 0.3) is 0 Å². The molecule has 0 aromatic heterocycles. The van der Waals surface area contributed by atoms with Gasteiger partial charge < -0.3 is 5.32 Å². The summed E-state index contributed by atoms with van der Waals surface area (Å²) < 4.78 is 26.8. The lowest BCUT2D eigenvalue weighted by Gasteiger charge is -2.34. The van der Waals surface area contributed by atoms with Crippen LogP contribution in [0.4, 0.5) is 8.78 Å². The topological polar surface area (TPSA) is 12.0 Å². The summed E-state index contributed by atoms with van der Waals surface area (Å²) in [4.78, 5) is 0. The summed E-state index contributed by atoms with van der Waals surface area (Å²) in [5, 5.41) is 3.51. The zero-order valence-electron chi connectivity index (χ0n) is 13.8. The average molecular weight is 297 g/mol. The van der Waals surface area contributed by atoms with Crippen molar-refractivity contribution in [3.05, 3.63) is 35.4 Å². The Hall–Kier alpha value is -0.960. The van der Waals surface area contributed by atoms with E-state index in [1.54, 1.807) is 0 Å². The molecule has 1 N–H and O–H groups in total. The Labute approximate surface area is 128 Å². The van der Waals surface area contributed by atoms with Gasteiger partial charge in [0.2, 0.25) is 0 Å². The first-order chi connectivity index (χ1) is 9.90. The standard InChI is InChI=1S/C18H29F2N/c1-5-7-8-18(6-2,13-21-14(3)4)12-15-9-16(19)11-17(20)10-15/h9-11,14,21H,5-8,12-13H2,1-4H3. The molecule has 0 radical (unpaired) electrons. The zero-order chi connectivity index (χ0) is 15.9. The number of unbranched alkanes of at least 4 members (excludes halogenated alkanes) is 1. The Bertz CT molecular complexity index is 411. The maximum absolute atomic E-state index is 13.4. The van der Waals surface area contributed by atoms with Crippen LogP contribution in [-0.2, 0) is 6.42 Å². The number of hydrogen-bond donors (Lipinski definition) is 1. The highest BCUT2D eigenvalue weighted by molar-refractivity contribution is 5.19. The van der Waals surface area contributed by atoms with E-state index >= 15 is 0 Å². The molecule has 0 heterocycles. The highest BCUT2D eigenvalue weighted by atomic mass is 19.1. The van der Waals surface area contributed by atoms with Crippen LogP contribution >= 0.6 is 0 Å². The fraction of sp³-hybridized carbons (Fsp3) is 0.667. The molecule has 0 fully saturated rings. The molecule has 1 unspecified atom stereocenters. The molecule has 0 bridgehead atoms. The van der Waals surface area contributed by atoms with E-state index in [-0.39, 0.29) is 5.41 Å². The molecule has 0 saturated carbocycles. The number of benzene rings is 1. The molecule has 1 rings (SSSR count). The van der Waals surface area contributed by atoms with Crippen LogP contribution in [0, 0.1) is 17.0 Å². The molecule has 0 aliphatic carbocycles. The number of hydrogen-bond acceptors (Lipinski definition) is 1. The van der Waals surface area contributed by atoms with Crippen molar-refractivity contribution in [2.24, 2.45) is 5.41 Å². The lowest BCUT2D eigenvalue weighted by Crippen LogP contribution is -2.39. The summed E-state index contributed by atoms with van der Waals surface area (Å²) in [5.41, 5.74) is 0.830. The van der Waals surface area contributed by atoms with Crippen LogP contribution in [0.2, 0.25) is 0 Å². The second kappa shape index (κ2) is 8.47. The van der Waals surface area contributed by atoms with Gasteiger partial charge in [0.1, 0.15) is 11.6 Å². The van der Waals surface area contributed by atoms with Crippen LogP contribution in [0.25, 0.3) is 0 Å². The number of nitrogens with one attached hydrogen (secondary N) is 1. The van der Waals surface area contributed by atoms with E-state index in [0.717, 1.165) is 50.3 Å². The highest BCUT2D eigenvalue weighted by Gasteiger charge is 2.28. The molecule has 0 amide bonds. The summed E-state index contributed by atoms with van der Waals surface area (Å²) in [6.45, 7) is 9.49. The molecule has 1 nitrogen and oxygen atoms in total. The van der Waals surface area contributed by atoms with E-state index in [1.807, 2.05) is 0 Å². The molecule has 0 spiro atoms. The SMILES string of the molecule is CCCCC(CC)(CNC(C)C)Cc1cc(F)cc(F)c1. The predicted molar refractivity (Wildman–Crippen MR) is 85.4 cm³/mol. The van der Waals surface area contributed by atoms with Crippen LogP contribution in [0.5, 0.6) is 0 Å². The predicted octanol–water partition coefficient (Wildman–Crippen LogP) is 5.09. The molecule has 1 atom stereocenters. The first-order valence-corrected chi connectivity index (χ1v) is 8.09. The van der Waals surface area contributed by atoms with Gasteiger partial charge in [-0.1, -0.05) is 40.5 Å². The third kappa shape index (κ3) is 6.13. The third-order valence-electron chi connectivity index (χ3n) is 4.20. The summed E-state index contributed by atoms with van der Waals surface area (Å²) in [7, 11) is 0. The van der Waals surface area contributed by atoms with Crippen molar-refractivity contribution in [3.8, 4) is 0 Å². The molecule has 3 heteroatoms. The largest absolute Gasteiger partial charge is 0.314 e. The van der Waals surface area contributed by atoms with Gasteiger partial charge in [-0.3, -0.25) is 0 Å². The minimum atomic E-state index is -0.484. The fourth-order valence-corrected chi connectivity index (χ4v) is 2.78. The lowest BCUT2D eigenvalue weighted by molar-refractivity contribution is 0.222. The molecule has 1 aromatic carbocycles. The minimum Gasteiger partial charge on any atom is -0.314 e. The Morgan fingerprint density at radius 3 is 2.19 bits per heavy atom. The molecule has 0 aliphatic heterocycles. The van der Waals surface area contributed by atoms with Gasteiger partial charge in [-0.05, 0) is 42.4 Å². The van der Waals surface area contributed by atoms with Crippen molar-refractivity contribution in [2.45, 2.75) is 65.8 Å². The number of rotatable bonds is 9. The zero-order valence-corrected chi connectivity index (χ0v) is 13.8. The van der Waals surface area contributed by atoms with E-state index in [9.17, 15) is 8.78 Å². The molecule has 0 aliphatic rings. The van der Waals surface area contributed by atoms with E-state index in [2.05, 4.69) is 33.0 Å². The minimum absolute atomic E-state index is 0.0700. The molecule has 1 aromatic rings. The summed E-state index contributed by atoms with van der Waals surface area (Å²) >= 11 is 0. The first kappa shape index (κ1) is 18.1. The van der Waals surface area contributed by atoms with E-state index in [1.165, 1.54) is 12.1 Å². The van der Waals surface area contributed by atoms with Crippen LogP contribution in [-0.4, -0.2) is 12.6 Å². The van der Waals surface area contributed by atoms with Crippen LogP contribution < -0.4 is 5.32 Å². The van der Waals surface area contributed by atoms with E-state index in [0.29, 0.717) is 6.04 Å². The van der Waals surface area contributed by atoms with Gasteiger partial charge in [0.05, 0.1) is 0 Å². The monoisotopic (exact) mass is 297 g/mol. The van der Waals surface area contributed by atoms with Crippen molar-refractivity contribution in [2.75, 3.05) is 6.54 Å². The maximum Gasteiger partial charge on any atom is 0.126 e. The number of halogens is 2. The summed E-state index contributed by atoms with van der Waals surface area (Å²) in [6, 6.07) is 4.29. The summed E-state index contributed by atoms with van der Waals surface area (Å²) in [6.07, 6.45) is 5.09. The quantitative estimate of drug-likeness (QED) is 0.669. The highest BCUT2D eigenvalue weighted by Crippen LogP contribution is 2.33. The maximum atomic E-state index is 13.4. The van der Waals surface area contributed by atoms with Crippen molar-refractivity contribution < 1.29 is 8.78 Å². The van der Waals surface area contributed by atoms with Gasteiger partial charge in [-0.25, -0.2) is 8.78 Å². The van der Waals surface area contributed by atoms with Crippen molar-refractivity contribution >= 4 is 0 Å². The van der Waals surface area contributed by atoms with Crippen molar-refractivity contribution in [1.29, 1.82) is 0 Å². The van der Waals surface area contributed by atoms with Gasteiger partial charge in [0.15, 0.2) is 0 Å².